The van der Waals surface area contributed by atoms with Gasteiger partial charge in [0.05, 0.1) is 23.6 Å². The Morgan fingerprint density at radius 3 is 2.70 bits per heavy atom. The molecule has 7 heteroatoms. The van der Waals surface area contributed by atoms with Crippen LogP contribution in [0.2, 0.25) is 0 Å². The van der Waals surface area contributed by atoms with Gasteiger partial charge < -0.3 is 11.1 Å². The Hall–Kier alpha value is -2.70. The summed E-state index contributed by atoms with van der Waals surface area (Å²) in [6.07, 6.45) is 4.21. The second-order valence-electron chi connectivity index (χ2n) is 8.46. The summed E-state index contributed by atoms with van der Waals surface area (Å²) in [5.41, 5.74) is 6.80. The zero-order valence-corrected chi connectivity index (χ0v) is 15.5. The molecule has 27 heavy (non-hydrogen) atoms. The second kappa shape index (κ2) is 5.90. The maximum absolute atomic E-state index is 13.7. The Morgan fingerprint density at radius 1 is 1.33 bits per heavy atom. The maximum atomic E-state index is 13.7. The molecule has 0 saturated heterocycles. The Kier molecular flexibility index (Phi) is 3.87. The lowest BCUT2D eigenvalue weighted by atomic mass is 9.74. The van der Waals surface area contributed by atoms with Crippen LogP contribution in [0.25, 0.3) is 5.69 Å². The summed E-state index contributed by atoms with van der Waals surface area (Å²) >= 11 is 0. The first-order valence-electron chi connectivity index (χ1n) is 9.15. The van der Waals surface area contributed by atoms with Gasteiger partial charge >= 0.3 is 0 Å². The zero-order valence-electron chi connectivity index (χ0n) is 15.5. The number of carbonyl (C=O) groups excluding carboxylic acids is 2. The molecule has 3 N–H and O–H groups in total. The van der Waals surface area contributed by atoms with E-state index < -0.39 is 11.3 Å². The molecule has 0 bridgehead atoms. The Morgan fingerprint density at radius 2 is 2.07 bits per heavy atom. The molecule has 2 aliphatic carbocycles. The van der Waals surface area contributed by atoms with E-state index in [0.29, 0.717) is 18.5 Å². The molecule has 0 spiro atoms. The van der Waals surface area contributed by atoms with Crippen LogP contribution in [-0.2, 0) is 16.0 Å². The fourth-order valence-electron chi connectivity index (χ4n) is 4.01. The van der Waals surface area contributed by atoms with Crippen LogP contribution in [0.15, 0.2) is 30.5 Å². The Balaban J connectivity index is 1.69. The van der Waals surface area contributed by atoms with E-state index in [4.69, 9.17) is 5.73 Å². The van der Waals surface area contributed by atoms with Gasteiger partial charge in [0.25, 0.3) is 0 Å². The fourth-order valence-corrected chi connectivity index (χ4v) is 4.01. The summed E-state index contributed by atoms with van der Waals surface area (Å²) in [5, 5.41) is 7.48. The first kappa shape index (κ1) is 17.7. The van der Waals surface area contributed by atoms with Crippen LogP contribution in [0, 0.1) is 16.6 Å². The van der Waals surface area contributed by atoms with Crippen molar-refractivity contribution in [3.63, 3.8) is 0 Å². The average molecular weight is 370 g/mol. The third-order valence-electron chi connectivity index (χ3n) is 5.69. The molecule has 1 fully saturated rings. The normalized spacial score (nSPS) is 22.0. The highest BCUT2D eigenvalue weighted by atomic mass is 19.1. The number of benzene rings is 1. The molecule has 1 heterocycles. The van der Waals surface area contributed by atoms with Gasteiger partial charge in [0.15, 0.2) is 0 Å². The molecule has 1 saturated carbocycles. The monoisotopic (exact) mass is 370 g/mol. The number of hydrogen-bond donors (Lipinski definition) is 2. The molecule has 1 aromatic heterocycles. The van der Waals surface area contributed by atoms with E-state index in [0.717, 1.165) is 24.1 Å². The van der Waals surface area contributed by atoms with E-state index in [1.807, 2.05) is 0 Å². The molecule has 2 amide bonds. The first-order chi connectivity index (χ1) is 12.7. The van der Waals surface area contributed by atoms with Crippen molar-refractivity contribution in [2.45, 2.75) is 45.6 Å². The maximum Gasteiger partial charge on any atom is 0.236 e. The summed E-state index contributed by atoms with van der Waals surface area (Å²) in [4.78, 5) is 24.4. The average Bonchev–Trinajstić information content (AvgIpc) is 3.30. The van der Waals surface area contributed by atoms with E-state index in [9.17, 15) is 14.0 Å². The lowest BCUT2D eigenvalue weighted by Crippen LogP contribution is -2.44. The van der Waals surface area contributed by atoms with Gasteiger partial charge in [0, 0.05) is 5.56 Å². The van der Waals surface area contributed by atoms with Crippen LogP contribution in [0.4, 0.5) is 4.39 Å². The zero-order chi connectivity index (χ0) is 19.4. The number of halogens is 1. The molecule has 4 rings (SSSR count). The summed E-state index contributed by atoms with van der Waals surface area (Å²) in [6, 6.07) is 6.03. The van der Waals surface area contributed by atoms with Gasteiger partial charge in [0.2, 0.25) is 11.8 Å². The van der Waals surface area contributed by atoms with Crippen LogP contribution in [0.1, 0.15) is 50.4 Å². The van der Waals surface area contributed by atoms with Gasteiger partial charge in [-0.2, -0.15) is 5.10 Å². The van der Waals surface area contributed by atoms with Gasteiger partial charge in [0.1, 0.15) is 11.2 Å². The van der Waals surface area contributed by atoms with Crippen LogP contribution < -0.4 is 11.1 Å². The van der Waals surface area contributed by atoms with Crippen molar-refractivity contribution in [3.05, 3.63) is 47.5 Å². The standard InChI is InChI=1S/C20H23FN4O2/c1-19(2)9-15(24-18(27)20(6-7-20)17(22)26)14-11-23-25(16(14)10-19)13-5-3-4-12(21)8-13/h3-5,8,11,15H,6-7,9-10H2,1-2H3,(H2,22,26)(H,24,27). The summed E-state index contributed by atoms with van der Waals surface area (Å²) in [7, 11) is 0. The molecule has 0 radical (unpaired) electrons. The van der Waals surface area contributed by atoms with E-state index in [1.54, 1.807) is 23.0 Å². The number of nitrogens with zero attached hydrogens (tertiary/aromatic N) is 2. The second-order valence-corrected chi connectivity index (χ2v) is 8.46. The minimum Gasteiger partial charge on any atom is -0.369 e. The molecule has 2 aliphatic rings. The van der Waals surface area contributed by atoms with E-state index in [2.05, 4.69) is 24.3 Å². The van der Waals surface area contributed by atoms with Crippen LogP contribution in [-0.4, -0.2) is 21.6 Å². The van der Waals surface area contributed by atoms with E-state index in [1.165, 1.54) is 12.1 Å². The highest BCUT2D eigenvalue weighted by molar-refractivity contribution is 6.07. The molecular formula is C20H23FN4O2. The SMILES string of the molecule is CC1(C)Cc2c(cnn2-c2cccc(F)c2)C(NC(=O)C2(C(N)=O)CC2)C1. The number of aromatic nitrogens is 2. The largest absolute Gasteiger partial charge is 0.369 e. The van der Waals surface area contributed by atoms with Crippen molar-refractivity contribution in [3.8, 4) is 5.69 Å². The molecule has 1 atom stereocenters. The van der Waals surface area contributed by atoms with Crippen molar-refractivity contribution >= 4 is 11.8 Å². The summed E-state index contributed by atoms with van der Waals surface area (Å²) in [6.45, 7) is 4.25. The predicted octanol–water partition coefficient (Wildman–Crippen LogP) is 2.41. The molecule has 0 aliphatic heterocycles. The predicted molar refractivity (Wildman–Crippen MR) is 97.4 cm³/mol. The minimum absolute atomic E-state index is 0.0838. The van der Waals surface area contributed by atoms with Crippen LogP contribution in [0.5, 0.6) is 0 Å². The molecule has 1 aromatic carbocycles. The first-order valence-corrected chi connectivity index (χ1v) is 9.15. The quantitative estimate of drug-likeness (QED) is 0.810. The summed E-state index contributed by atoms with van der Waals surface area (Å²) < 4.78 is 15.4. The molecule has 2 aromatic rings. The van der Waals surface area contributed by atoms with Crippen LogP contribution in [0.3, 0.4) is 0 Å². The number of carbonyl (C=O) groups is 2. The van der Waals surface area contributed by atoms with Gasteiger partial charge in [-0.05, 0) is 49.3 Å². The molecular weight excluding hydrogens is 347 g/mol. The molecule has 1 unspecified atom stereocenters. The van der Waals surface area contributed by atoms with Crippen molar-refractivity contribution < 1.29 is 14.0 Å². The molecule has 6 nitrogen and oxygen atoms in total. The number of nitrogens with one attached hydrogen (secondary N) is 1. The minimum atomic E-state index is -1.06. The summed E-state index contributed by atoms with van der Waals surface area (Å²) in [5.74, 6) is -1.19. The van der Waals surface area contributed by atoms with E-state index >= 15 is 0 Å². The van der Waals surface area contributed by atoms with Gasteiger partial charge in [-0.25, -0.2) is 9.07 Å². The third-order valence-corrected chi connectivity index (χ3v) is 5.69. The topological polar surface area (TPSA) is 90.0 Å². The fraction of sp³-hybridized carbons (Fsp3) is 0.450. The number of hydrogen-bond acceptors (Lipinski definition) is 3. The van der Waals surface area contributed by atoms with Crippen molar-refractivity contribution in [1.82, 2.24) is 15.1 Å². The van der Waals surface area contributed by atoms with Gasteiger partial charge in [-0.3, -0.25) is 9.59 Å². The van der Waals surface area contributed by atoms with Crippen molar-refractivity contribution in [2.24, 2.45) is 16.6 Å². The lowest BCUT2D eigenvalue weighted by Gasteiger charge is -2.36. The van der Waals surface area contributed by atoms with E-state index in [-0.39, 0.29) is 23.2 Å². The van der Waals surface area contributed by atoms with Crippen molar-refractivity contribution in [2.75, 3.05) is 0 Å². The highest BCUT2D eigenvalue weighted by Gasteiger charge is 2.56. The number of rotatable bonds is 4. The van der Waals surface area contributed by atoms with Gasteiger partial charge in [-0.1, -0.05) is 19.9 Å². The van der Waals surface area contributed by atoms with Gasteiger partial charge in [-0.15, -0.1) is 0 Å². The number of fused-ring (bicyclic) bond motifs is 1. The molecule has 142 valence electrons. The smallest absolute Gasteiger partial charge is 0.236 e. The third kappa shape index (κ3) is 3.01. The number of primary amides is 1. The highest BCUT2D eigenvalue weighted by Crippen LogP contribution is 2.47. The Bertz CT molecular complexity index is 930. The lowest BCUT2D eigenvalue weighted by molar-refractivity contribution is -0.136. The van der Waals surface area contributed by atoms with Crippen LogP contribution >= 0.6 is 0 Å². The Labute approximate surface area is 156 Å². The number of amides is 2. The van der Waals surface area contributed by atoms with Crippen molar-refractivity contribution in [1.29, 1.82) is 0 Å². The number of nitrogens with two attached hydrogens (primary N) is 1.